The van der Waals surface area contributed by atoms with E-state index in [1.807, 2.05) is 36.4 Å². The molecule has 0 saturated carbocycles. The van der Waals surface area contributed by atoms with Crippen molar-refractivity contribution in [3.05, 3.63) is 297 Å². The second-order valence-corrected chi connectivity index (χ2v) is 21.6. The number of hydrogen-bond acceptors (Lipinski definition) is 5. The molecule has 83 heavy (non-hydrogen) atoms. The van der Waals surface area contributed by atoms with Gasteiger partial charge in [0.2, 0.25) is 0 Å². The fourth-order valence-electron chi connectivity index (χ4n) is 13.0. The lowest BCUT2D eigenvalue weighted by Crippen LogP contribution is -2.61. The molecule has 0 unspecified atom stereocenters. The van der Waals surface area contributed by atoms with Gasteiger partial charge in [0.05, 0.1) is 16.7 Å². The number of nitrogens with zero attached hydrogens (tertiary/aromatic N) is 6. The van der Waals surface area contributed by atoms with Crippen LogP contribution in [0, 0.1) is 6.92 Å². The van der Waals surface area contributed by atoms with Gasteiger partial charge in [0, 0.05) is 67.2 Å². The summed E-state index contributed by atoms with van der Waals surface area (Å²) in [4.78, 5) is 20.8. The van der Waals surface area contributed by atoms with Crippen LogP contribution < -0.4 is 26.2 Å². The molecule has 388 valence electrons. The van der Waals surface area contributed by atoms with Gasteiger partial charge in [-0.2, -0.15) is 0 Å². The molecule has 12 aromatic carbocycles. The maximum Gasteiger partial charge on any atom is 0.252 e. The van der Waals surface area contributed by atoms with Gasteiger partial charge in [0.1, 0.15) is 0 Å². The maximum atomic E-state index is 5.35. The minimum Gasteiger partial charge on any atom is -0.311 e. The lowest BCUT2D eigenvalue weighted by atomic mass is 9.33. The first-order chi connectivity index (χ1) is 41.1. The number of benzene rings is 12. The molecular formula is C76H51BN6. The second kappa shape index (κ2) is 19.7. The Morgan fingerprint density at radius 3 is 1.35 bits per heavy atom. The van der Waals surface area contributed by atoms with E-state index in [-0.39, 0.29) is 6.71 Å². The largest absolute Gasteiger partial charge is 0.311 e. The zero-order valence-corrected chi connectivity index (χ0v) is 45.5. The molecule has 0 bridgehead atoms. The van der Waals surface area contributed by atoms with Gasteiger partial charge in [-0.1, -0.05) is 212 Å². The predicted octanol–water partition coefficient (Wildman–Crippen LogP) is 17.4. The molecule has 0 spiro atoms. The van der Waals surface area contributed by atoms with Gasteiger partial charge in [0.25, 0.3) is 6.71 Å². The molecule has 0 amide bonds. The van der Waals surface area contributed by atoms with Crippen LogP contribution in [-0.4, -0.2) is 26.2 Å². The molecule has 2 aliphatic rings. The summed E-state index contributed by atoms with van der Waals surface area (Å²) < 4.78 is 2.43. The molecule has 16 rings (SSSR count). The van der Waals surface area contributed by atoms with E-state index >= 15 is 0 Å². The highest BCUT2D eigenvalue weighted by Crippen LogP contribution is 2.47. The third kappa shape index (κ3) is 8.07. The first kappa shape index (κ1) is 48.1. The summed E-state index contributed by atoms with van der Waals surface area (Å²) >= 11 is 0. The lowest BCUT2D eigenvalue weighted by molar-refractivity contribution is 1.06. The van der Waals surface area contributed by atoms with Crippen LogP contribution in [0.4, 0.5) is 34.1 Å². The highest BCUT2D eigenvalue weighted by atomic mass is 15.2. The Kier molecular flexibility index (Phi) is 11.4. The first-order valence-electron chi connectivity index (χ1n) is 28.4. The third-order valence-electron chi connectivity index (χ3n) is 16.6. The molecular weight excluding hydrogens is 1010 g/mol. The number of aryl methyl sites for hydroxylation is 1. The highest BCUT2D eigenvalue weighted by molar-refractivity contribution is 7.00. The monoisotopic (exact) mass is 1060 g/mol. The Morgan fingerprint density at radius 1 is 0.301 bits per heavy atom. The van der Waals surface area contributed by atoms with E-state index < -0.39 is 0 Å². The van der Waals surface area contributed by atoms with Crippen LogP contribution in [-0.2, 0) is 0 Å². The Labute approximate surface area is 482 Å². The van der Waals surface area contributed by atoms with Crippen LogP contribution in [0.3, 0.4) is 0 Å². The normalized spacial score (nSPS) is 12.3. The quantitative estimate of drug-likeness (QED) is 0.135. The van der Waals surface area contributed by atoms with Crippen molar-refractivity contribution < 1.29 is 0 Å². The van der Waals surface area contributed by atoms with Gasteiger partial charge in [-0.3, -0.25) is 0 Å². The Bertz CT molecular complexity index is 4660. The second-order valence-electron chi connectivity index (χ2n) is 21.6. The van der Waals surface area contributed by atoms with E-state index in [4.69, 9.17) is 15.0 Å². The number of hydrogen-bond donors (Lipinski definition) is 0. The molecule has 0 saturated heterocycles. The van der Waals surface area contributed by atoms with Gasteiger partial charge in [-0.15, -0.1) is 0 Å². The minimum atomic E-state index is 0.0347. The van der Waals surface area contributed by atoms with E-state index in [1.165, 1.54) is 55.5 Å². The number of para-hydroxylation sites is 6. The van der Waals surface area contributed by atoms with Gasteiger partial charge >= 0.3 is 0 Å². The molecule has 0 N–H and O–H groups in total. The number of aromatic nitrogens is 4. The van der Waals surface area contributed by atoms with Crippen molar-refractivity contribution in [3.63, 3.8) is 0 Å². The molecule has 6 nitrogen and oxygen atoms in total. The zero-order chi connectivity index (χ0) is 55.0. The average molecular weight is 1060 g/mol. The molecule has 0 atom stereocenters. The van der Waals surface area contributed by atoms with Crippen LogP contribution in [0.5, 0.6) is 0 Å². The lowest BCUT2D eigenvalue weighted by Gasteiger charge is -2.44. The van der Waals surface area contributed by atoms with Crippen LogP contribution in [0.15, 0.2) is 291 Å². The van der Waals surface area contributed by atoms with Crippen molar-refractivity contribution in [2.75, 3.05) is 9.80 Å². The van der Waals surface area contributed by atoms with Crippen molar-refractivity contribution in [3.8, 4) is 73.2 Å². The fraction of sp³-hybridized carbons (Fsp3) is 0.0132. The molecule has 2 aromatic heterocycles. The van der Waals surface area contributed by atoms with Crippen LogP contribution >= 0.6 is 0 Å². The first-order valence-corrected chi connectivity index (χ1v) is 28.4. The van der Waals surface area contributed by atoms with Crippen LogP contribution in [0.2, 0.25) is 0 Å². The molecule has 0 fully saturated rings. The van der Waals surface area contributed by atoms with E-state index in [2.05, 4.69) is 276 Å². The zero-order valence-electron chi connectivity index (χ0n) is 45.5. The van der Waals surface area contributed by atoms with Gasteiger partial charge in [-0.25, -0.2) is 15.0 Å². The molecule has 7 heteroatoms. The number of rotatable bonds is 9. The smallest absolute Gasteiger partial charge is 0.252 e. The fourth-order valence-corrected chi connectivity index (χ4v) is 13.0. The minimum absolute atomic E-state index is 0.0347. The van der Waals surface area contributed by atoms with Crippen molar-refractivity contribution in [2.45, 2.75) is 6.92 Å². The van der Waals surface area contributed by atoms with Crippen LogP contribution in [0.1, 0.15) is 5.56 Å². The van der Waals surface area contributed by atoms with E-state index in [0.29, 0.717) is 17.5 Å². The van der Waals surface area contributed by atoms with Gasteiger partial charge in [-0.05, 0) is 136 Å². The summed E-state index contributed by atoms with van der Waals surface area (Å²) in [6.45, 7) is 2.20. The Morgan fingerprint density at radius 2 is 0.747 bits per heavy atom. The summed E-state index contributed by atoms with van der Waals surface area (Å²) in [5.41, 5.74) is 24.6. The molecule has 0 radical (unpaired) electrons. The molecule has 2 aliphatic heterocycles. The summed E-state index contributed by atoms with van der Waals surface area (Å²) in [5.74, 6) is 1.82. The van der Waals surface area contributed by atoms with Crippen molar-refractivity contribution in [1.29, 1.82) is 0 Å². The summed E-state index contributed by atoms with van der Waals surface area (Å²) in [7, 11) is 0. The van der Waals surface area contributed by atoms with Crippen molar-refractivity contribution in [2.24, 2.45) is 0 Å². The highest BCUT2D eigenvalue weighted by Gasteiger charge is 2.43. The molecule has 14 aromatic rings. The topological polar surface area (TPSA) is 50.1 Å². The van der Waals surface area contributed by atoms with Crippen LogP contribution in [0.25, 0.3) is 95.0 Å². The van der Waals surface area contributed by atoms with E-state index in [1.54, 1.807) is 0 Å². The number of fused-ring (bicyclic) bond motifs is 7. The maximum absolute atomic E-state index is 5.35. The SMILES string of the molecule is Cc1ccc2c(c1)c1ccccc1n2-c1c(-c2cccc(-c3cccc(-c4cc5c6c(c4)N(c4ccccc4)c4ccccc4B6c4ccccc4N5c4ccccc4)c3)c2)cccc1-c1nc(-c2ccccc2)nc(-c2ccccc2)n1. The Balaban J connectivity index is 0.892. The molecule has 0 aliphatic carbocycles. The van der Waals surface area contributed by atoms with Crippen molar-refractivity contribution in [1.82, 2.24) is 19.5 Å². The summed E-state index contributed by atoms with van der Waals surface area (Å²) in [6.07, 6.45) is 0. The van der Waals surface area contributed by atoms with E-state index in [9.17, 15) is 0 Å². The summed E-state index contributed by atoms with van der Waals surface area (Å²) in [6, 6.07) is 105. The van der Waals surface area contributed by atoms with Crippen molar-refractivity contribution >= 4 is 79.0 Å². The van der Waals surface area contributed by atoms with E-state index in [0.717, 1.165) is 78.2 Å². The number of anilines is 6. The third-order valence-corrected chi connectivity index (χ3v) is 16.6. The average Bonchev–Trinajstić information content (AvgIpc) is 3.60. The standard InChI is InChI=1S/C76H51BN6/c1-50-43-44-67-63(45-50)61-35-14-17-40-66(61)83(67)73-60(36-22-37-62(73)76-79-74(51-23-6-2-7-24-51)78-75(80-76)52-25-8-3-9-26-52)56-30-21-28-54(47-56)53-27-20-29-55(46-53)57-48-70-72-71(49-57)82(59-33-12-5-13-34-59)69-42-19-16-39-65(69)77(72)64-38-15-18-41-68(64)81(70)58-31-10-4-11-32-58/h2-49H,1H3. The summed E-state index contributed by atoms with van der Waals surface area (Å²) in [5, 5.41) is 2.37. The Hall–Kier alpha value is -10.9. The predicted molar refractivity (Wildman–Crippen MR) is 346 cm³/mol. The van der Waals surface area contributed by atoms with Gasteiger partial charge in [0.15, 0.2) is 17.5 Å². The van der Waals surface area contributed by atoms with Gasteiger partial charge < -0.3 is 14.4 Å². The molecule has 4 heterocycles.